The molecule has 0 aromatic heterocycles. The highest BCUT2D eigenvalue weighted by Gasteiger charge is 2.15. The van der Waals surface area contributed by atoms with Crippen molar-refractivity contribution in [2.24, 2.45) is 5.73 Å². The van der Waals surface area contributed by atoms with Gasteiger partial charge in [0.15, 0.2) is 0 Å². The quantitative estimate of drug-likeness (QED) is 0.653. The molecule has 0 saturated heterocycles. The maximum absolute atomic E-state index is 11.6. The first-order valence-corrected chi connectivity index (χ1v) is 5.68. The van der Waals surface area contributed by atoms with Gasteiger partial charge in [-0.3, -0.25) is 4.79 Å². The van der Waals surface area contributed by atoms with Crippen molar-refractivity contribution in [1.82, 2.24) is 10.2 Å². The Hall–Kier alpha value is -0.610. The van der Waals surface area contributed by atoms with Gasteiger partial charge >= 0.3 is 0 Å². The Labute approximate surface area is 93.2 Å². The summed E-state index contributed by atoms with van der Waals surface area (Å²) in [6, 6.07) is -0.199. The summed E-state index contributed by atoms with van der Waals surface area (Å²) in [4.78, 5) is 13.6. The smallest absolute Gasteiger partial charge is 0.237 e. The second kappa shape index (κ2) is 7.65. The average molecular weight is 215 g/mol. The fourth-order valence-corrected chi connectivity index (χ4v) is 1.50. The van der Waals surface area contributed by atoms with Gasteiger partial charge in [0.05, 0.1) is 6.04 Å². The average Bonchev–Trinajstić information content (AvgIpc) is 2.12. The van der Waals surface area contributed by atoms with Gasteiger partial charge in [-0.2, -0.15) is 0 Å². The van der Waals surface area contributed by atoms with Crippen molar-refractivity contribution in [2.45, 2.75) is 45.2 Å². The molecule has 3 N–H and O–H groups in total. The van der Waals surface area contributed by atoms with Gasteiger partial charge in [0.1, 0.15) is 0 Å². The van der Waals surface area contributed by atoms with E-state index in [-0.39, 0.29) is 18.0 Å². The van der Waals surface area contributed by atoms with Gasteiger partial charge in [0, 0.05) is 12.6 Å². The van der Waals surface area contributed by atoms with Crippen molar-refractivity contribution in [1.29, 1.82) is 0 Å². The van der Waals surface area contributed by atoms with Crippen LogP contribution in [0.15, 0.2) is 0 Å². The molecule has 0 aliphatic heterocycles. The molecule has 90 valence electrons. The molecule has 0 aromatic carbocycles. The summed E-state index contributed by atoms with van der Waals surface area (Å²) in [6.45, 7) is 4.93. The Balaban J connectivity index is 3.80. The van der Waals surface area contributed by atoms with Crippen LogP contribution in [0, 0.1) is 0 Å². The zero-order valence-corrected chi connectivity index (χ0v) is 10.4. The molecule has 0 saturated carbocycles. The minimum Gasteiger partial charge on any atom is -0.351 e. The SMILES string of the molecule is CCCC[C@H](N)C(=O)NC(C)CN(C)C. The van der Waals surface area contributed by atoms with Crippen LogP contribution in [-0.2, 0) is 4.79 Å². The number of likely N-dealkylation sites (N-methyl/N-ethyl adjacent to an activating group) is 1. The minimum atomic E-state index is -0.352. The van der Waals surface area contributed by atoms with Crippen molar-refractivity contribution in [3.63, 3.8) is 0 Å². The molecule has 0 rings (SSSR count). The topological polar surface area (TPSA) is 58.4 Å². The van der Waals surface area contributed by atoms with E-state index in [9.17, 15) is 4.79 Å². The van der Waals surface area contributed by atoms with E-state index in [4.69, 9.17) is 5.73 Å². The van der Waals surface area contributed by atoms with E-state index in [1.54, 1.807) is 0 Å². The molecule has 1 amide bonds. The zero-order chi connectivity index (χ0) is 11.8. The van der Waals surface area contributed by atoms with E-state index in [0.29, 0.717) is 0 Å². The van der Waals surface area contributed by atoms with Gasteiger partial charge < -0.3 is 16.0 Å². The maximum atomic E-state index is 11.6. The highest BCUT2D eigenvalue weighted by Crippen LogP contribution is 1.98. The van der Waals surface area contributed by atoms with Crippen LogP contribution < -0.4 is 11.1 Å². The van der Waals surface area contributed by atoms with Crippen molar-refractivity contribution >= 4 is 5.91 Å². The summed E-state index contributed by atoms with van der Waals surface area (Å²) in [5.41, 5.74) is 5.76. The molecule has 15 heavy (non-hydrogen) atoms. The Morgan fingerprint density at radius 3 is 2.53 bits per heavy atom. The monoisotopic (exact) mass is 215 g/mol. The molecule has 0 radical (unpaired) electrons. The zero-order valence-electron chi connectivity index (χ0n) is 10.4. The largest absolute Gasteiger partial charge is 0.351 e. The molecule has 0 bridgehead atoms. The summed E-state index contributed by atoms with van der Waals surface area (Å²) in [5.74, 6) is -0.0298. The van der Waals surface area contributed by atoms with Crippen LogP contribution in [0.3, 0.4) is 0 Å². The second-order valence-corrected chi connectivity index (χ2v) is 4.42. The minimum absolute atomic E-state index is 0.0298. The number of nitrogens with one attached hydrogen (secondary N) is 1. The second-order valence-electron chi connectivity index (χ2n) is 4.42. The van der Waals surface area contributed by atoms with E-state index in [2.05, 4.69) is 12.2 Å². The van der Waals surface area contributed by atoms with Crippen molar-refractivity contribution < 1.29 is 4.79 Å². The van der Waals surface area contributed by atoms with E-state index in [1.165, 1.54) is 0 Å². The number of rotatable bonds is 7. The fourth-order valence-electron chi connectivity index (χ4n) is 1.50. The van der Waals surface area contributed by atoms with Gasteiger partial charge in [-0.05, 0) is 27.4 Å². The Morgan fingerprint density at radius 1 is 1.47 bits per heavy atom. The normalized spacial score (nSPS) is 15.1. The molecule has 0 aromatic rings. The number of unbranched alkanes of at least 4 members (excludes halogenated alkanes) is 1. The highest BCUT2D eigenvalue weighted by atomic mass is 16.2. The third kappa shape index (κ3) is 7.33. The molecule has 0 aliphatic rings. The van der Waals surface area contributed by atoms with Crippen LogP contribution in [0.5, 0.6) is 0 Å². The number of hydrogen-bond donors (Lipinski definition) is 2. The van der Waals surface area contributed by atoms with Gasteiger partial charge in [0.2, 0.25) is 5.91 Å². The van der Waals surface area contributed by atoms with E-state index < -0.39 is 0 Å². The van der Waals surface area contributed by atoms with Gasteiger partial charge in [-0.1, -0.05) is 19.8 Å². The van der Waals surface area contributed by atoms with Crippen LogP contribution in [0.25, 0.3) is 0 Å². The number of hydrogen-bond acceptors (Lipinski definition) is 3. The summed E-state index contributed by atoms with van der Waals surface area (Å²) < 4.78 is 0. The lowest BCUT2D eigenvalue weighted by Crippen LogP contribution is -2.47. The Morgan fingerprint density at radius 2 is 2.07 bits per heavy atom. The van der Waals surface area contributed by atoms with Crippen molar-refractivity contribution in [3.05, 3.63) is 0 Å². The summed E-state index contributed by atoms with van der Waals surface area (Å²) in [6.07, 6.45) is 2.86. The summed E-state index contributed by atoms with van der Waals surface area (Å²) in [5, 5.41) is 2.91. The Kier molecular flexibility index (Phi) is 7.34. The van der Waals surface area contributed by atoms with Crippen molar-refractivity contribution in [2.75, 3.05) is 20.6 Å². The molecule has 4 heteroatoms. The van der Waals surface area contributed by atoms with Crippen LogP contribution >= 0.6 is 0 Å². The molecule has 0 aliphatic carbocycles. The molecular formula is C11H25N3O. The molecule has 4 nitrogen and oxygen atoms in total. The summed E-state index contributed by atoms with van der Waals surface area (Å²) >= 11 is 0. The predicted octanol–water partition coefficient (Wildman–Crippen LogP) is 0.570. The molecule has 1 unspecified atom stereocenters. The molecular weight excluding hydrogens is 190 g/mol. The Bertz CT molecular complexity index is 183. The third-order valence-corrected chi connectivity index (χ3v) is 2.23. The molecule has 2 atom stereocenters. The van der Waals surface area contributed by atoms with Crippen LogP contribution in [0.4, 0.5) is 0 Å². The maximum Gasteiger partial charge on any atom is 0.237 e. The molecule has 0 fully saturated rings. The lowest BCUT2D eigenvalue weighted by Gasteiger charge is -2.20. The van der Waals surface area contributed by atoms with Crippen molar-refractivity contribution in [3.8, 4) is 0 Å². The number of nitrogens with two attached hydrogens (primary N) is 1. The highest BCUT2D eigenvalue weighted by molar-refractivity contribution is 5.81. The number of nitrogens with zero attached hydrogens (tertiary/aromatic N) is 1. The first-order valence-electron chi connectivity index (χ1n) is 5.68. The van der Waals surface area contributed by atoms with E-state index in [0.717, 1.165) is 25.8 Å². The summed E-state index contributed by atoms with van der Waals surface area (Å²) in [7, 11) is 3.97. The van der Waals surface area contributed by atoms with E-state index in [1.807, 2.05) is 25.9 Å². The van der Waals surface area contributed by atoms with Crippen LogP contribution in [-0.4, -0.2) is 43.5 Å². The van der Waals surface area contributed by atoms with E-state index >= 15 is 0 Å². The predicted molar refractivity (Wildman–Crippen MR) is 63.7 cm³/mol. The molecule has 0 heterocycles. The number of amides is 1. The lowest BCUT2D eigenvalue weighted by molar-refractivity contribution is -0.123. The van der Waals surface area contributed by atoms with Gasteiger partial charge in [0.25, 0.3) is 0 Å². The lowest BCUT2D eigenvalue weighted by atomic mass is 10.1. The van der Waals surface area contributed by atoms with Crippen LogP contribution in [0.2, 0.25) is 0 Å². The fraction of sp³-hybridized carbons (Fsp3) is 0.909. The third-order valence-electron chi connectivity index (χ3n) is 2.23. The van der Waals surface area contributed by atoms with Crippen LogP contribution in [0.1, 0.15) is 33.1 Å². The number of carbonyl (C=O) groups excluding carboxylic acids is 1. The molecule has 0 spiro atoms. The first kappa shape index (κ1) is 14.4. The number of carbonyl (C=O) groups is 1. The van der Waals surface area contributed by atoms with Gasteiger partial charge in [-0.15, -0.1) is 0 Å². The standard InChI is InChI=1S/C11H25N3O/c1-5-6-7-10(12)11(15)13-9(2)8-14(3)4/h9-10H,5-8,12H2,1-4H3,(H,13,15)/t9?,10-/m0/s1. The first-order chi connectivity index (χ1) is 6.97. The van der Waals surface area contributed by atoms with Gasteiger partial charge in [-0.25, -0.2) is 0 Å².